The van der Waals surface area contributed by atoms with Crippen molar-refractivity contribution in [3.63, 3.8) is 0 Å². The van der Waals surface area contributed by atoms with Gasteiger partial charge in [-0.1, -0.05) is 32.1 Å². The molecule has 2 nitrogen and oxygen atoms in total. The summed E-state index contributed by atoms with van der Waals surface area (Å²) in [7, 11) is 0. The Hall–Kier alpha value is -1.05. The average Bonchev–Trinajstić information content (AvgIpc) is 1.79. The van der Waals surface area contributed by atoms with E-state index in [2.05, 4.69) is 0 Å². The first-order chi connectivity index (χ1) is 4.63. The van der Waals surface area contributed by atoms with Gasteiger partial charge in [0.15, 0.2) is 0 Å². The van der Waals surface area contributed by atoms with Crippen molar-refractivity contribution in [2.24, 2.45) is 5.92 Å². The van der Waals surface area contributed by atoms with Crippen LogP contribution in [0.15, 0.2) is 24.3 Å². The number of allylic oxidation sites excluding steroid dienone is 3. The van der Waals surface area contributed by atoms with Gasteiger partial charge in [-0.3, -0.25) is 10.5 Å². The number of carbonyl (C=O) groups is 1. The predicted molar refractivity (Wildman–Crippen MR) is 41.2 cm³/mol. The van der Waals surface area contributed by atoms with Crippen LogP contribution in [0.1, 0.15) is 13.8 Å². The summed E-state index contributed by atoms with van der Waals surface area (Å²) in [5.74, 6) is -0.168. The fourth-order valence-corrected chi connectivity index (χ4v) is 0.429. The number of hydrogen-bond acceptors (Lipinski definition) is 1. The first-order valence-corrected chi connectivity index (χ1v) is 3.23. The van der Waals surface area contributed by atoms with Crippen molar-refractivity contribution < 1.29 is 4.79 Å². The lowest BCUT2D eigenvalue weighted by atomic mass is 10.2. The lowest BCUT2D eigenvalue weighted by molar-refractivity contribution is -0.114. The molecule has 2 heteroatoms. The highest BCUT2D eigenvalue weighted by Gasteiger charge is 1.81. The van der Waals surface area contributed by atoms with Gasteiger partial charge in [0.25, 0.3) is 5.91 Å². The maximum Gasteiger partial charge on any atom is 0.262 e. The quantitative estimate of drug-likeness (QED) is 0.431. The van der Waals surface area contributed by atoms with Gasteiger partial charge in [-0.2, -0.15) is 0 Å². The van der Waals surface area contributed by atoms with Crippen LogP contribution in [0.5, 0.6) is 0 Å². The molecule has 0 rings (SSSR count). The van der Waals surface area contributed by atoms with Gasteiger partial charge in [0.05, 0.1) is 0 Å². The second-order valence-corrected chi connectivity index (χ2v) is 2.35. The van der Waals surface area contributed by atoms with Crippen LogP contribution in [0.2, 0.25) is 0 Å². The summed E-state index contributed by atoms with van der Waals surface area (Å²) in [6.45, 7) is 4.10. The Morgan fingerprint density at radius 3 is 2.40 bits per heavy atom. The molecule has 10 heavy (non-hydrogen) atoms. The van der Waals surface area contributed by atoms with E-state index in [1.807, 2.05) is 19.9 Å². The van der Waals surface area contributed by atoms with Crippen LogP contribution in [-0.4, -0.2) is 5.91 Å². The summed E-state index contributed by atoms with van der Waals surface area (Å²) in [5, 5.41) is 0. The lowest BCUT2D eigenvalue weighted by Crippen LogP contribution is -1.88. The minimum absolute atomic E-state index is 0.491. The van der Waals surface area contributed by atoms with Crippen molar-refractivity contribution in [1.29, 1.82) is 0 Å². The Labute approximate surface area is 61.4 Å². The van der Waals surface area contributed by atoms with Gasteiger partial charge in [0.1, 0.15) is 0 Å². The van der Waals surface area contributed by atoms with Crippen molar-refractivity contribution in [3.05, 3.63) is 24.3 Å². The number of rotatable bonds is 3. The first-order valence-electron chi connectivity index (χ1n) is 3.23. The second kappa shape index (κ2) is 4.79. The highest BCUT2D eigenvalue weighted by molar-refractivity contribution is 5.85. The number of nitrogens with one attached hydrogen (secondary N) is 1. The summed E-state index contributed by atoms with van der Waals surface area (Å²) >= 11 is 0. The monoisotopic (exact) mass is 138 g/mol. The van der Waals surface area contributed by atoms with E-state index < -0.39 is 5.91 Å². The molecular formula is C8H12NO. The molecule has 0 aromatic heterocycles. The number of hydrogen-bond donors (Lipinski definition) is 0. The third-order valence-electron chi connectivity index (χ3n) is 0.855. The Morgan fingerprint density at radius 1 is 1.40 bits per heavy atom. The van der Waals surface area contributed by atoms with Gasteiger partial charge >= 0.3 is 0 Å². The minimum Gasteiger partial charge on any atom is -0.268 e. The lowest BCUT2D eigenvalue weighted by Gasteiger charge is -1.88. The van der Waals surface area contributed by atoms with E-state index in [-0.39, 0.29) is 0 Å². The van der Waals surface area contributed by atoms with Gasteiger partial charge < -0.3 is 0 Å². The summed E-state index contributed by atoms with van der Waals surface area (Å²) < 4.78 is 0. The summed E-state index contributed by atoms with van der Waals surface area (Å²) in [6, 6.07) is 0. The zero-order valence-electron chi connectivity index (χ0n) is 6.29. The van der Waals surface area contributed by atoms with E-state index in [0.29, 0.717) is 5.92 Å². The van der Waals surface area contributed by atoms with Crippen molar-refractivity contribution in [3.8, 4) is 0 Å². The van der Waals surface area contributed by atoms with E-state index in [9.17, 15) is 4.79 Å². The number of amides is 1. The van der Waals surface area contributed by atoms with Gasteiger partial charge in [-0.25, -0.2) is 0 Å². The van der Waals surface area contributed by atoms with Crippen molar-refractivity contribution in [2.45, 2.75) is 13.8 Å². The Balaban J connectivity index is 3.62. The molecule has 0 saturated heterocycles. The smallest absolute Gasteiger partial charge is 0.262 e. The average molecular weight is 138 g/mol. The molecule has 0 aromatic rings. The highest BCUT2D eigenvalue weighted by Crippen LogP contribution is 1.92. The highest BCUT2D eigenvalue weighted by atomic mass is 16.1. The van der Waals surface area contributed by atoms with Gasteiger partial charge in [-0.05, 0) is 5.92 Å². The molecule has 55 valence electrons. The zero-order valence-corrected chi connectivity index (χ0v) is 6.29. The Morgan fingerprint density at radius 2 is 2.00 bits per heavy atom. The molecule has 0 aliphatic rings. The Kier molecular flexibility index (Phi) is 4.29. The van der Waals surface area contributed by atoms with Crippen LogP contribution >= 0.6 is 0 Å². The molecule has 0 spiro atoms. The number of carbonyl (C=O) groups excluding carboxylic acids is 1. The molecule has 0 fully saturated rings. The van der Waals surface area contributed by atoms with Gasteiger partial charge in [0.2, 0.25) is 0 Å². The predicted octanol–water partition coefficient (Wildman–Crippen LogP) is 1.56. The normalized spacial score (nSPS) is 11.9. The maximum atomic E-state index is 10.0. The van der Waals surface area contributed by atoms with Gasteiger partial charge in [0, 0.05) is 6.08 Å². The first kappa shape index (κ1) is 8.95. The molecule has 1 radical (unpaired) electrons. The molecular weight excluding hydrogens is 126 g/mol. The van der Waals surface area contributed by atoms with Crippen LogP contribution in [0.25, 0.3) is 0 Å². The van der Waals surface area contributed by atoms with Crippen LogP contribution < -0.4 is 5.73 Å². The van der Waals surface area contributed by atoms with E-state index in [1.54, 1.807) is 12.2 Å². The van der Waals surface area contributed by atoms with E-state index >= 15 is 0 Å². The molecule has 0 atom stereocenters. The molecule has 0 aliphatic carbocycles. The molecule has 0 bridgehead atoms. The maximum absolute atomic E-state index is 10.0. The molecule has 0 heterocycles. The molecule has 0 aromatic carbocycles. The van der Waals surface area contributed by atoms with Crippen LogP contribution in [0.4, 0.5) is 0 Å². The molecule has 1 N–H and O–H groups in total. The molecule has 0 unspecified atom stereocenters. The second-order valence-electron chi connectivity index (χ2n) is 2.35. The van der Waals surface area contributed by atoms with E-state index in [0.717, 1.165) is 0 Å². The van der Waals surface area contributed by atoms with Crippen LogP contribution in [0.3, 0.4) is 0 Å². The van der Waals surface area contributed by atoms with Crippen molar-refractivity contribution in [2.75, 3.05) is 0 Å². The fraction of sp³-hybridized carbons (Fsp3) is 0.375. The van der Waals surface area contributed by atoms with Crippen molar-refractivity contribution in [1.82, 2.24) is 5.73 Å². The zero-order chi connectivity index (χ0) is 7.98. The van der Waals surface area contributed by atoms with E-state index in [4.69, 9.17) is 5.73 Å². The van der Waals surface area contributed by atoms with Crippen LogP contribution in [-0.2, 0) is 4.79 Å². The molecule has 0 aliphatic heterocycles. The SMILES string of the molecule is CC(C)/C=C/C=C/C([NH])=O. The topological polar surface area (TPSA) is 40.9 Å². The van der Waals surface area contributed by atoms with Crippen molar-refractivity contribution >= 4 is 5.91 Å². The standard InChI is InChI=1S/C8H12NO/c1-7(2)5-3-4-6-8(9)10/h3-7,9H,1-2H3/b5-3+,6-4+. The molecule has 0 saturated carbocycles. The van der Waals surface area contributed by atoms with Gasteiger partial charge in [-0.15, -0.1) is 0 Å². The third-order valence-corrected chi connectivity index (χ3v) is 0.855. The minimum atomic E-state index is -0.659. The summed E-state index contributed by atoms with van der Waals surface area (Å²) in [5.41, 5.74) is 6.50. The van der Waals surface area contributed by atoms with Crippen LogP contribution in [0, 0.1) is 5.92 Å². The Bertz CT molecular complexity index is 157. The molecule has 1 amide bonds. The fourth-order valence-electron chi connectivity index (χ4n) is 0.429. The largest absolute Gasteiger partial charge is 0.268 e. The summed E-state index contributed by atoms with van der Waals surface area (Å²) in [4.78, 5) is 10.0. The third kappa shape index (κ3) is 6.95. The summed E-state index contributed by atoms with van der Waals surface area (Å²) in [6.07, 6.45) is 6.53. The van der Waals surface area contributed by atoms with E-state index in [1.165, 1.54) is 6.08 Å².